The first-order valence-corrected chi connectivity index (χ1v) is 8.92. The molecule has 0 unspecified atom stereocenters. The van der Waals surface area contributed by atoms with Gasteiger partial charge in [-0.1, -0.05) is 61.9 Å². The fourth-order valence-electron chi connectivity index (χ4n) is 2.84. The van der Waals surface area contributed by atoms with Gasteiger partial charge in [-0.25, -0.2) is 4.98 Å². The SMILES string of the molecule is CC.Cc1ccc(C)c(-c2ccccc2Cc2nc(C=O)c(O)c(=O)[nH]2)c1. The highest BCUT2D eigenvalue weighted by molar-refractivity contribution is 5.75. The van der Waals surface area contributed by atoms with Crippen LogP contribution in [0.15, 0.2) is 47.3 Å². The van der Waals surface area contributed by atoms with Crippen LogP contribution in [0.1, 0.15) is 46.9 Å². The van der Waals surface area contributed by atoms with Crippen LogP contribution in [0.25, 0.3) is 11.1 Å². The third-order valence-electron chi connectivity index (χ3n) is 4.14. The quantitative estimate of drug-likeness (QED) is 0.680. The molecule has 2 aromatic carbocycles. The van der Waals surface area contributed by atoms with E-state index in [1.165, 1.54) is 0 Å². The number of carbonyl (C=O) groups excluding carboxylic acids is 1. The Morgan fingerprint density at radius 3 is 2.48 bits per heavy atom. The lowest BCUT2D eigenvalue weighted by molar-refractivity contribution is 0.111. The highest BCUT2D eigenvalue weighted by atomic mass is 16.3. The van der Waals surface area contributed by atoms with Crippen molar-refractivity contribution in [1.82, 2.24) is 9.97 Å². The Kier molecular flexibility index (Phi) is 6.66. The van der Waals surface area contributed by atoms with E-state index in [-0.39, 0.29) is 5.69 Å². The first-order chi connectivity index (χ1) is 13.0. The lowest BCUT2D eigenvalue weighted by Gasteiger charge is -2.13. The predicted octanol–water partition coefficient (Wildman–Crippen LogP) is 4.19. The van der Waals surface area contributed by atoms with Crippen LogP contribution in [-0.2, 0) is 6.42 Å². The molecule has 0 spiro atoms. The van der Waals surface area contributed by atoms with E-state index in [0.717, 1.165) is 27.8 Å². The molecule has 0 saturated heterocycles. The molecule has 0 amide bonds. The lowest BCUT2D eigenvalue weighted by Crippen LogP contribution is -2.14. The van der Waals surface area contributed by atoms with E-state index < -0.39 is 11.3 Å². The van der Waals surface area contributed by atoms with Gasteiger partial charge in [-0.3, -0.25) is 9.59 Å². The number of hydrogen-bond acceptors (Lipinski definition) is 4. The van der Waals surface area contributed by atoms with Crippen molar-refractivity contribution in [1.29, 1.82) is 0 Å². The van der Waals surface area contributed by atoms with Crippen molar-refractivity contribution in [3.63, 3.8) is 0 Å². The number of hydrogen-bond donors (Lipinski definition) is 2. The van der Waals surface area contributed by atoms with Gasteiger partial charge in [0, 0.05) is 6.42 Å². The highest BCUT2D eigenvalue weighted by Crippen LogP contribution is 2.29. The van der Waals surface area contributed by atoms with Gasteiger partial charge in [-0.15, -0.1) is 0 Å². The number of aryl methyl sites for hydroxylation is 2. The highest BCUT2D eigenvalue weighted by Gasteiger charge is 2.13. The van der Waals surface area contributed by atoms with Gasteiger partial charge < -0.3 is 10.1 Å². The summed E-state index contributed by atoms with van der Waals surface area (Å²) < 4.78 is 0. The molecular weight excluding hydrogens is 340 g/mol. The topological polar surface area (TPSA) is 83.0 Å². The summed E-state index contributed by atoms with van der Waals surface area (Å²) in [6.07, 6.45) is 0.727. The van der Waals surface area contributed by atoms with E-state index in [1.54, 1.807) is 0 Å². The van der Waals surface area contributed by atoms with Crippen molar-refractivity contribution >= 4 is 6.29 Å². The van der Waals surface area contributed by atoms with Crippen LogP contribution in [-0.4, -0.2) is 21.4 Å². The summed E-state index contributed by atoms with van der Waals surface area (Å²) in [5.41, 5.74) is 4.49. The van der Waals surface area contributed by atoms with Crippen molar-refractivity contribution in [3.8, 4) is 16.9 Å². The molecule has 2 N–H and O–H groups in total. The Morgan fingerprint density at radius 1 is 1.07 bits per heavy atom. The third kappa shape index (κ3) is 4.50. The van der Waals surface area contributed by atoms with Crippen LogP contribution in [0.4, 0.5) is 0 Å². The second kappa shape index (κ2) is 8.94. The number of benzene rings is 2. The minimum absolute atomic E-state index is 0.247. The van der Waals surface area contributed by atoms with Crippen LogP contribution >= 0.6 is 0 Å². The first kappa shape index (κ1) is 20.1. The smallest absolute Gasteiger partial charge is 0.293 e. The maximum Gasteiger partial charge on any atom is 0.293 e. The van der Waals surface area contributed by atoms with Crippen LogP contribution < -0.4 is 5.56 Å². The minimum atomic E-state index is -0.712. The molecule has 0 aliphatic heterocycles. The van der Waals surface area contributed by atoms with E-state index in [0.29, 0.717) is 18.5 Å². The van der Waals surface area contributed by atoms with Crippen molar-refractivity contribution in [3.05, 3.63) is 81.0 Å². The van der Waals surface area contributed by atoms with Crippen LogP contribution in [0.2, 0.25) is 0 Å². The number of rotatable bonds is 4. The molecule has 3 aromatic rings. The van der Waals surface area contributed by atoms with E-state index in [4.69, 9.17) is 0 Å². The van der Waals surface area contributed by atoms with Crippen molar-refractivity contribution < 1.29 is 9.90 Å². The maximum absolute atomic E-state index is 11.8. The summed E-state index contributed by atoms with van der Waals surface area (Å²) in [6, 6.07) is 14.1. The molecule has 0 fully saturated rings. The molecule has 0 saturated carbocycles. The molecule has 140 valence electrons. The number of carbonyl (C=O) groups is 1. The van der Waals surface area contributed by atoms with Crippen LogP contribution in [0.3, 0.4) is 0 Å². The van der Waals surface area contributed by atoms with Crippen LogP contribution in [0, 0.1) is 13.8 Å². The molecule has 5 heteroatoms. The third-order valence-corrected chi connectivity index (χ3v) is 4.14. The molecule has 5 nitrogen and oxygen atoms in total. The Morgan fingerprint density at radius 2 is 1.78 bits per heavy atom. The Balaban J connectivity index is 0.00000126. The van der Waals surface area contributed by atoms with Gasteiger partial charge in [0.15, 0.2) is 12.0 Å². The second-order valence-corrected chi connectivity index (χ2v) is 6.02. The van der Waals surface area contributed by atoms with Gasteiger partial charge in [-0.05, 0) is 36.1 Å². The zero-order chi connectivity index (χ0) is 20.0. The molecule has 0 aliphatic carbocycles. The zero-order valence-electron chi connectivity index (χ0n) is 16.0. The second-order valence-electron chi connectivity index (χ2n) is 6.02. The first-order valence-electron chi connectivity index (χ1n) is 8.92. The summed E-state index contributed by atoms with van der Waals surface area (Å²) in [5.74, 6) is -0.316. The fourth-order valence-corrected chi connectivity index (χ4v) is 2.84. The summed E-state index contributed by atoms with van der Waals surface area (Å²) >= 11 is 0. The van der Waals surface area contributed by atoms with E-state index >= 15 is 0 Å². The number of nitrogens with zero attached hydrogens (tertiary/aromatic N) is 1. The molecule has 1 aromatic heterocycles. The Hall–Kier alpha value is -3.21. The fraction of sp³-hybridized carbons (Fsp3) is 0.227. The molecule has 0 atom stereocenters. The predicted molar refractivity (Wildman–Crippen MR) is 107 cm³/mol. The number of nitrogens with one attached hydrogen (secondary N) is 1. The largest absolute Gasteiger partial charge is 0.501 e. The summed E-state index contributed by atoms with van der Waals surface area (Å²) in [5, 5.41) is 9.55. The monoisotopic (exact) mass is 364 g/mol. The summed E-state index contributed by atoms with van der Waals surface area (Å²) in [4.78, 5) is 29.3. The Bertz CT molecular complexity index is 1010. The van der Waals surface area contributed by atoms with Crippen molar-refractivity contribution in [2.75, 3.05) is 0 Å². The average molecular weight is 364 g/mol. The number of aromatic amines is 1. The summed E-state index contributed by atoms with van der Waals surface area (Å²) in [6.45, 7) is 8.09. The molecule has 1 heterocycles. The molecule has 27 heavy (non-hydrogen) atoms. The Labute approximate surface area is 158 Å². The zero-order valence-corrected chi connectivity index (χ0v) is 16.0. The van der Waals surface area contributed by atoms with Gasteiger partial charge in [0.1, 0.15) is 5.82 Å². The molecular formula is C22H24N2O3. The molecule has 0 bridgehead atoms. The van der Waals surface area contributed by atoms with Gasteiger partial charge in [0.05, 0.1) is 0 Å². The van der Waals surface area contributed by atoms with Gasteiger partial charge in [0.2, 0.25) is 5.75 Å². The number of H-pyrrole nitrogens is 1. The van der Waals surface area contributed by atoms with Crippen LogP contribution in [0.5, 0.6) is 5.75 Å². The summed E-state index contributed by atoms with van der Waals surface area (Å²) in [7, 11) is 0. The standard InChI is InChI=1S/C20H18N2O3.C2H6/c1-12-7-8-13(2)16(9-12)15-6-4-3-5-14(15)10-18-21-17(11-23)19(24)20(25)22-18;1-2/h3-9,11,24H,10H2,1-2H3,(H,21,22,25);1-2H3. The normalized spacial score (nSPS) is 10.1. The van der Waals surface area contributed by atoms with Gasteiger partial charge >= 0.3 is 0 Å². The maximum atomic E-state index is 11.8. The molecule has 0 radical (unpaired) electrons. The lowest BCUT2D eigenvalue weighted by atomic mass is 9.93. The average Bonchev–Trinajstić information content (AvgIpc) is 2.68. The molecule has 0 aliphatic rings. The van der Waals surface area contributed by atoms with Gasteiger partial charge in [0.25, 0.3) is 5.56 Å². The number of aldehydes is 1. The van der Waals surface area contributed by atoms with E-state index in [2.05, 4.69) is 35.1 Å². The van der Waals surface area contributed by atoms with Crippen molar-refractivity contribution in [2.24, 2.45) is 0 Å². The van der Waals surface area contributed by atoms with Gasteiger partial charge in [-0.2, -0.15) is 0 Å². The van der Waals surface area contributed by atoms with E-state index in [1.807, 2.05) is 45.0 Å². The van der Waals surface area contributed by atoms with Crippen molar-refractivity contribution in [2.45, 2.75) is 34.1 Å². The minimum Gasteiger partial charge on any atom is -0.501 e. The molecule has 3 rings (SSSR count). The number of aromatic nitrogens is 2. The van der Waals surface area contributed by atoms with E-state index in [9.17, 15) is 14.7 Å². The number of aromatic hydroxyl groups is 1.